The normalized spacial score (nSPS) is 20.1. The molecule has 4 rings (SSSR count). The third kappa shape index (κ3) is 3.06. The van der Waals surface area contributed by atoms with Crippen molar-refractivity contribution in [1.82, 2.24) is 10.0 Å². The molecule has 2 aromatic carbocycles. The van der Waals surface area contributed by atoms with Crippen LogP contribution in [0.1, 0.15) is 31.2 Å². The molecule has 2 aliphatic heterocycles. The summed E-state index contributed by atoms with van der Waals surface area (Å²) in [5, 5.41) is 7.68. The summed E-state index contributed by atoms with van der Waals surface area (Å²) >= 11 is 0. The predicted octanol–water partition coefficient (Wildman–Crippen LogP) is 4.34. The van der Waals surface area contributed by atoms with Gasteiger partial charge in [0, 0.05) is 26.2 Å². The number of benzene rings is 2. The van der Waals surface area contributed by atoms with E-state index in [1.54, 1.807) is 7.11 Å². The maximum atomic E-state index is 5.43. The molecular formula is C21H26N2O. The Hall–Kier alpha value is -1.84. The van der Waals surface area contributed by atoms with Crippen molar-refractivity contribution in [2.24, 2.45) is 0 Å². The van der Waals surface area contributed by atoms with E-state index in [9.17, 15) is 0 Å². The first-order chi connectivity index (χ1) is 11.8. The average Bonchev–Trinajstić information content (AvgIpc) is 2.68. The van der Waals surface area contributed by atoms with E-state index in [-0.39, 0.29) is 0 Å². The van der Waals surface area contributed by atoms with Gasteiger partial charge >= 0.3 is 0 Å². The van der Waals surface area contributed by atoms with E-state index in [1.807, 2.05) is 6.07 Å². The molecule has 0 unspecified atom stereocenters. The molecular weight excluding hydrogens is 296 g/mol. The molecule has 24 heavy (non-hydrogen) atoms. The second kappa shape index (κ2) is 6.96. The second-order valence-corrected chi connectivity index (χ2v) is 6.80. The Kier molecular flexibility index (Phi) is 4.54. The van der Waals surface area contributed by atoms with Gasteiger partial charge in [-0.05, 0) is 53.3 Å². The number of rotatable bonds is 3. The molecule has 0 aliphatic carbocycles. The van der Waals surface area contributed by atoms with Crippen molar-refractivity contribution in [1.29, 1.82) is 0 Å². The van der Waals surface area contributed by atoms with Gasteiger partial charge in [0.05, 0.1) is 7.11 Å². The lowest BCUT2D eigenvalue weighted by Gasteiger charge is -2.39. The molecule has 0 saturated carbocycles. The number of nitrogens with zero attached hydrogens (tertiary/aromatic N) is 2. The van der Waals surface area contributed by atoms with Crippen molar-refractivity contribution < 1.29 is 4.74 Å². The number of piperidine rings is 1. The zero-order chi connectivity index (χ0) is 16.4. The quantitative estimate of drug-likeness (QED) is 0.836. The van der Waals surface area contributed by atoms with Gasteiger partial charge in [-0.1, -0.05) is 36.8 Å². The van der Waals surface area contributed by atoms with Gasteiger partial charge in [-0.25, -0.2) is 10.0 Å². The van der Waals surface area contributed by atoms with Gasteiger partial charge in [0.1, 0.15) is 5.75 Å². The first-order valence-corrected chi connectivity index (χ1v) is 9.11. The number of hydrogen-bond acceptors (Lipinski definition) is 3. The smallest absolute Gasteiger partial charge is 0.119 e. The van der Waals surface area contributed by atoms with E-state index in [0.717, 1.165) is 25.3 Å². The Morgan fingerprint density at radius 1 is 0.917 bits per heavy atom. The van der Waals surface area contributed by atoms with E-state index >= 15 is 0 Å². The second-order valence-electron chi connectivity index (χ2n) is 6.80. The molecule has 0 atom stereocenters. The Balaban J connectivity index is 1.60. The number of hydrogen-bond donors (Lipinski definition) is 0. The highest BCUT2D eigenvalue weighted by molar-refractivity contribution is 5.94. The third-order valence-electron chi connectivity index (χ3n) is 5.36. The van der Waals surface area contributed by atoms with Crippen LogP contribution in [0.15, 0.2) is 42.5 Å². The monoisotopic (exact) mass is 322 g/mol. The number of ether oxygens (including phenoxy) is 1. The van der Waals surface area contributed by atoms with Crippen LogP contribution in [0.3, 0.4) is 0 Å². The van der Waals surface area contributed by atoms with Crippen LogP contribution in [0.2, 0.25) is 0 Å². The molecule has 0 spiro atoms. The van der Waals surface area contributed by atoms with Crippen LogP contribution in [0.5, 0.6) is 5.75 Å². The lowest BCUT2D eigenvalue weighted by Crippen LogP contribution is -2.47. The lowest BCUT2D eigenvalue weighted by atomic mass is 9.94. The van der Waals surface area contributed by atoms with Crippen molar-refractivity contribution in [3.63, 3.8) is 0 Å². The summed E-state index contributed by atoms with van der Waals surface area (Å²) in [6.45, 7) is 4.63. The van der Waals surface area contributed by atoms with Gasteiger partial charge in [0.2, 0.25) is 0 Å². The van der Waals surface area contributed by atoms with E-state index in [4.69, 9.17) is 4.74 Å². The minimum Gasteiger partial charge on any atom is -0.497 e. The summed E-state index contributed by atoms with van der Waals surface area (Å²) in [4.78, 5) is 0. The summed E-state index contributed by atoms with van der Waals surface area (Å²) in [6, 6.07) is 13.0. The third-order valence-corrected chi connectivity index (χ3v) is 5.36. The van der Waals surface area contributed by atoms with Gasteiger partial charge in [-0.2, -0.15) is 0 Å². The molecule has 1 saturated heterocycles. The SMILES string of the molecule is COc1ccc2cccc(C3=CCN(N4CCCCC4)CC3)c2c1. The van der Waals surface area contributed by atoms with Crippen LogP contribution < -0.4 is 4.74 Å². The molecule has 0 aromatic heterocycles. The van der Waals surface area contributed by atoms with Crippen LogP contribution in [0.4, 0.5) is 0 Å². The summed E-state index contributed by atoms with van der Waals surface area (Å²) < 4.78 is 5.43. The van der Waals surface area contributed by atoms with E-state index < -0.39 is 0 Å². The zero-order valence-electron chi connectivity index (χ0n) is 14.5. The van der Waals surface area contributed by atoms with Crippen LogP contribution in [-0.2, 0) is 0 Å². The average molecular weight is 322 g/mol. The largest absolute Gasteiger partial charge is 0.497 e. The van der Waals surface area contributed by atoms with Gasteiger partial charge < -0.3 is 4.74 Å². The number of fused-ring (bicyclic) bond motifs is 1. The number of hydrazine groups is 1. The summed E-state index contributed by atoms with van der Waals surface area (Å²) in [7, 11) is 1.74. The molecule has 126 valence electrons. The van der Waals surface area contributed by atoms with Crippen molar-refractivity contribution in [3.05, 3.63) is 48.0 Å². The molecule has 0 amide bonds. The van der Waals surface area contributed by atoms with Crippen molar-refractivity contribution >= 4 is 16.3 Å². The first kappa shape index (κ1) is 15.7. The highest BCUT2D eigenvalue weighted by atomic mass is 16.5. The molecule has 2 aromatic rings. The van der Waals surface area contributed by atoms with Gasteiger partial charge in [-0.15, -0.1) is 0 Å². The van der Waals surface area contributed by atoms with Crippen LogP contribution in [0.25, 0.3) is 16.3 Å². The van der Waals surface area contributed by atoms with Gasteiger partial charge in [0.15, 0.2) is 0 Å². The first-order valence-electron chi connectivity index (χ1n) is 9.11. The van der Waals surface area contributed by atoms with E-state index in [1.165, 1.54) is 54.3 Å². The Morgan fingerprint density at radius 2 is 1.79 bits per heavy atom. The zero-order valence-corrected chi connectivity index (χ0v) is 14.5. The number of methoxy groups -OCH3 is 1. The highest BCUT2D eigenvalue weighted by Gasteiger charge is 2.21. The molecule has 2 aliphatic rings. The maximum Gasteiger partial charge on any atom is 0.119 e. The minimum absolute atomic E-state index is 0.932. The molecule has 0 N–H and O–H groups in total. The summed E-state index contributed by atoms with van der Waals surface area (Å²) in [5.74, 6) is 0.932. The Labute approximate surface area is 144 Å². The molecule has 3 heteroatoms. The predicted molar refractivity (Wildman–Crippen MR) is 100 cm³/mol. The lowest BCUT2D eigenvalue weighted by molar-refractivity contribution is -0.0304. The van der Waals surface area contributed by atoms with Gasteiger partial charge in [-0.3, -0.25) is 0 Å². The van der Waals surface area contributed by atoms with Crippen LogP contribution in [0, 0.1) is 0 Å². The maximum absolute atomic E-state index is 5.43. The fourth-order valence-electron chi connectivity index (χ4n) is 3.98. The Bertz CT molecular complexity index is 747. The fraction of sp³-hybridized carbons (Fsp3) is 0.429. The van der Waals surface area contributed by atoms with E-state index in [2.05, 4.69) is 46.4 Å². The highest BCUT2D eigenvalue weighted by Crippen LogP contribution is 2.32. The summed E-state index contributed by atoms with van der Waals surface area (Å²) in [5.41, 5.74) is 2.84. The topological polar surface area (TPSA) is 15.7 Å². The molecule has 2 heterocycles. The fourth-order valence-corrected chi connectivity index (χ4v) is 3.98. The molecule has 3 nitrogen and oxygen atoms in total. The van der Waals surface area contributed by atoms with Gasteiger partial charge in [0.25, 0.3) is 0 Å². The molecule has 1 fully saturated rings. The van der Waals surface area contributed by atoms with Crippen molar-refractivity contribution in [3.8, 4) is 5.75 Å². The van der Waals surface area contributed by atoms with E-state index in [0.29, 0.717) is 0 Å². The van der Waals surface area contributed by atoms with Crippen molar-refractivity contribution in [2.75, 3.05) is 33.3 Å². The molecule has 0 radical (unpaired) electrons. The van der Waals surface area contributed by atoms with Crippen LogP contribution >= 0.6 is 0 Å². The minimum atomic E-state index is 0.932. The molecule has 0 bridgehead atoms. The summed E-state index contributed by atoms with van der Waals surface area (Å²) in [6.07, 6.45) is 7.62. The van der Waals surface area contributed by atoms with Crippen molar-refractivity contribution in [2.45, 2.75) is 25.7 Å². The van der Waals surface area contributed by atoms with Crippen LogP contribution in [-0.4, -0.2) is 43.3 Å². The Morgan fingerprint density at radius 3 is 2.54 bits per heavy atom. The standard InChI is InChI=1S/C21H26N2O/c1-24-19-9-8-17-6-5-7-20(21(17)16-19)18-10-14-23(15-11-18)22-12-3-2-4-13-22/h5-10,16H,2-4,11-15H2,1H3.